The minimum absolute atomic E-state index is 0. The highest BCUT2D eigenvalue weighted by atomic mass is 33.4. The van der Waals surface area contributed by atoms with Gasteiger partial charge in [-0.1, -0.05) is 62.8 Å². The maximum Gasteiger partial charge on any atom is 0.728 e. The molecule has 0 aromatic carbocycles. The summed E-state index contributed by atoms with van der Waals surface area (Å²) >= 11 is 9.27. The maximum atomic E-state index is 11.9. The summed E-state index contributed by atoms with van der Waals surface area (Å²) in [6.07, 6.45) is 2.77. The van der Waals surface area contributed by atoms with Crippen molar-refractivity contribution in [2.45, 2.75) is 143 Å². The third kappa shape index (κ3) is 17.5. The van der Waals surface area contributed by atoms with E-state index >= 15 is 0 Å². The predicted molar refractivity (Wildman–Crippen MR) is 305 cm³/mol. The van der Waals surface area contributed by atoms with Gasteiger partial charge in [-0.15, -0.1) is 13.9 Å². The Labute approximate surface area is 453 Å². The fourth-order valence-corrected chi connectivity index (χ4v) is 23.5. The zero-order chi connectivity index (χ0) is 52.9. The topological polar surface area (TPSA) is 291 Å². The summed E-state index contributed by atoms with van der Waals surface area (Å²) in [5, 5.41) is 8.51. The van der Waals surface area contributed by atoms with Crippen LogP contribution in [0.15, 0.2) is 25.3 Å². The van der Waals surface area contributed by atoms with Crippen LogP contribution in [0.1, 0.15) is 81.7 Å². The zero-order valence-corrected chi connectivity index (χ0v) is 52.0. The summed E-state index contributed by atoms with van der Waals surface area (Å²) in [4.78, 5) is 39.6. The molecule has 0 bridgehead atoms. The molecule has 0 aliphatic carbocycles. The minimum Gasteiger partial charge on any atom is -0.409 e. The summed E-state index contributed by atoms with van der Waals surface area (Å²) in [6.45, 7) is 25.5. The molecule has 0 radical (unpaired) electrons. The van der Waals surface area contributed by atoms with Crippen molar-refractivity contribution in [3.63, 3.8) is 0 Å². The molecule has 35 heteroatoms. The first kappa shape index (κ1) is 64.7. The molecule has 2 saturated heterocycles. The monoisotopic (exact) mass is 1240 g/mol. The van der Waals surface area contributed by atoms with Crippen molar-refractivity contribution < 1.29 is 51.0 Å². The van der Waals surface area contributed by atoms with Crippen molar-refractivity contribution in [3.05, 3.63) is 25.3 Å². The fourth-order valence-electron chi connectivity index (χ4n) is 6.29. The molecular weight excluding hydrogens is 1180 g/mol. The number of ether oxygens (including phenoxy) is 2. The van der Waals surface area contributed by atoms with Gasteiger partial charge in [-0.2, -0.15) is 10.1 Å². The Balaban J connectivity index is 0.000000323. The molecule has 5 N–H and O–H groups in total. The van der Waals surface area contributed by atoms with Crippen LogP contribution < -0.4 is 11.5 Å². The van der Waals surface area contributed by atoms with E-state index in [1.54, 1.807) is 66.2 Å². The lowest BCUT2D eigenvalue weighted by atomic mass is 10.0. The summed E-state index contributed by atoms with van der Waals surface area (Å²) in [5.41, 5.74) is 13.9. The Morgan fingerprint density at radius 2 is 1.22 bits per heavy atom. The van der Waals surface area contributed by atoms with Crippen molar-refractivity contribution in [1.29, 1.82) is 5.26 Å². The minimum atomic E-state index is -2.71. The molecule has 2 fully saturated rings. The van der Waals surface area contributed by atoms with Crippen molar-refractivity contribution >= 4 is 152 Å². The van der Waals surface area contributed by atoms with E-state index < -0.39 is 64.1 Å². The summed E-state index contributed by atoms with van der Waals surface area (Å²) in [5.74, 6) is 0.164. The molecule has 6 rings (SSSR count). The van der Waals surface area contributed by atoms with Crippen LogP contribution in [0, 0.1) is 23.2 Å². The van der Waals surface area contributed by atoms with Gasteiger partial charge in [0.25, 0.3) is 0 Å². The van der Waals surface area contributed by atoms with Gasteiger partial charge in [-0.25, -0.2) is 29.9 Å². The number of hydrogen-bond acceptors (Lipinski definition) is 21. The van der Waals surface area contributed by atoms with Crippen LogP contribution in [0.25, 0.3) is 22.3 Å². The van der Waals surface area contributed by atoms with E-state index in [1.165, 1.54) is 30.4 Å². The first-order valence-electron chi connectivity index (χ1n) is 21.3. The van der Waals surface area contributed by atoms with Gasteiger partial charge < -0.3 is 29.8 Å². The number of rotatable bonds is 15. The number of nitrogens with zero attached hydrogens (tertiary/aromatic N) is 9. The van der Waals surface area contributed by atoms with Gasteiger partial charge in [0.05, 0.1) is 48.1 Å². The highest BCUT2D eigenvalue weighted by Gasteiger charge is 2.52. The molecule has 6 heterocycles. The number of aromatic nitrogens is 8. The molecule has 0 saturated carbocycles. The van der Waals surface area contributed by atoms with E-state index in [9.17, 15) is 9.13 Å². The lowest BCUT2D eigenvalue weighted by molar-refractivity contribution is -0.327. The van der Waals surface area contributed by atoms with E-state index in [4.69, 9.17) is 58.6 Å². The van der Waals surface area contributed by atoms with Crippen LogP contribution in [0.2, 0.25) is 36.3 Å². The first-order chi connectivity index (χ1) is 33.3. The van der Waals surface area contributed by atoms with Crippen molar-refractivity contribution in [3.8, 4) is 6.07 Å². The average Bonchev–Trinajstić information content (AvgIpc) is 4.06. The summed E-state index contributed by atoms with van der Waals surface area (Å²) in [6, 6.07) is 1.89. The Hall–Kier alpha value is -1.56. The number of nitriles is 1. The molecule has 402 valence electrons. The molecular formula is C37H63N11O11P2S9Si2+2. The van der Waals surface area contributed by atoms with Crippen LogP contribution >= 0.6 is 16.5 Å². The molecule has 2 aliphatic rings. The van der Waals surface area contributed by atoms with Gasteiger partial charge in [-0.3, -0.25) is 9.13 Å². The Kier molecular flexibility index (Phi) is 26.3. The van der Waals surface area contributed by atoms with E-state index in [0.717, 1.165) is 0 Å². The third-order valence-corrected chi connectivity index (χ3v) is 35.4. The van der Waals surface area contributed by atoms with Gasteiger partial charge in [0, 0.05) is 106 Å². The molecule has 4 aromatic rings. The average molecular weight is 1240 g/mol. The smallest absolute Gasteiger partial charge is 0.409 e. The number of nitrogens with two attached hydrogens (primary N) is 2. The van der Waals surface area contributed by atoms with Crippen LogP contribution in [0.5, 0.6) is 0 Å². The quantitative estimate of drug-likeness (QED) is 0.0342. The first-order valence-corrected chi connectivity index (χ1v) is 40.0. The highest BCUT2D eigenvalue weighted by molar-refractivity contribution is 8.72. The second-order valence-corrected chi connectivity index (χ2v) is 42.2. The molecule has 72 heavy (non-hydrogen) atoms. The van der Waals surface area contributed by atoms with E-state index in [1.807, 2.05) is 19.9 Å². The molecule has 10 atom stereocenters. The largest absolute Gasteiger partial charge is 0.728 e. The van der Waals surface area contributed by atoms with Crippen molar-refractivity contribution in [2.24, 2.45) is 11.8 Å². The van der Waals surface area contributed by atoms with E-state index in [-0.39, 0.29) is 60.9 Å². The number of hydrogen-bond donors (Lipinski definition) is 3. The number of nitrogen functional groups attached to an aromatic ring is 2. The summed E-state index contributed by atoms with van der Waals surface area (Å²) < 4.78 is 67.0. The number of fused-ring (bicyclic) bond motifs is 2. The lowest BCUT2D eigenvalue weighted by Crippen LogP contribution is -2.46. The highest BCUT2D eigenvalue weighted by Crippen LogP contribution is 2.47. The normalized spacial score (nSPS) is 22.5. The van der Waals surface area contributed by atoms with E-state index in [0.29, 0.717) is 28.1 Å². The molecule has 4 aromatic heterocycles. The van der Waals surface area contributed by atoms with Gasteiger partial charge in [0.1, 0.15) is 36.9 Å². The second kappa shape index (κ2) is 29.3. The SMILES string of the molecule is C.CC1[C@@H](OO[P+](=O)OCCC#N)O[C@@H](n2cnc3c(N)ncnc32)[C@@H]1O[Si](C)(C)C(C)(C)C.CC1[C@@H](O[Si](C)(C)C(C)(C)C)[C@H](n2cnc3c(N)ncnc32)O[C@@H]1CO[P+](=O)O.S=S=S=S=S=S=S=S=S. The molecule has 2 aliphatic heterocycles. The summed E-state index contributed by atoms with van der Waals surface area (Å²) in [7, 11) is 1.26. The van der Waals surface area contributed by atoms with Crippen LogP contribution in [0.3, 0.4) is 0 Å². The predicted octanol–water partition coefficient (Wildman–Crippen LogP) is 7.44. The Morgan fingerprint density at radius 3 is 1.67 bits per heavy atom. The molecule has 22 nitrogen and oxygen atoms in total. The lowest BCUT2D eigenvalue weighted by Gasteiger charge is -2.40. The van der Waals surface area contributed by atoms with Crippen molar-refractivity contribution in [2.75, 3.05) is 24.7 Å². The standard InChI is InChI=1S/C19H30N6O6PSi.C17H28N5O5PSi.CH4.S9/c1-12-14(30-33(5,6)19(2,3)4)17(25-11-24-13-15(21)22-10-23-16(13)25)28-18(12)29-31-32(26)27-9-7-8-20;1-10-11(7-25-28(23)24)26-16(13(10)27-29(5,6)17(2,3)4)22-9-21-12-14(18)19-8-20-15(12)22;;1-3-5-7-9-8-6-4-2/h10-12,14,17-18H,7,9H2,1-6H3,(H2,21,22,23);8-11,13,16H,7H2,1-6H3,(H2-,18,19,20,23,24);1H4;/q+1;;;/p+1/t12?,14-,17-,18-;10?,11-,13-,16-;;/m11../s1. The van der Waals surface area contributed by atoms with Crippen molar-refractivity contribution in [1.82, 2.24) is 39.0 Å². The molecule has 0 spiro atoms. The fraction of sp³-hybridized carbons (Fsp3) is 0.703. The van der Waals surface area contributed by atoms with Gasteiger partial charge >= 0.3 is 16.5 Å². The van der Waals surface area contributed by atoms with Gasteiger partial charge in [-0.05, 0) is 36.3 Å². The van der Waals surface area contributed by atoms with Crippen LogP contribution in [0.4, 0.5) is 11.6 Å². The molecule has 4 unspecified atom stereocenters. The second-order valence-electron chi connectivity index (χ2n) is 18.7. The zero-order valence-electron chi connectivity index (χ0n) is 40.8. The Morgan fingerprint density at radius 1 is 0.764 bits per heavy atom. The van der Waals surface area contributed by atoms with Gasteiger partial charge in [0.15, 0.2) is 52.0 Å². The van der Waals surface area contributed by atoms with E-state index in [2.05, 4.69) is 120 Å². The third-order valence-electron chi connectivity index (χ3n) is 12.1. The number of imidazole rings is 2. The maximum absolute atomic E-state index is 11.9. The molecule has 0 amide bonds. The van der Waals surface area contributed by atoms with Crippen LogP contribution in [-0.4, -0.2) is 98.4 Å². The van der Waals surface area contributed by atoms with Crippen LogP contribution in [-0.2, 0) is 131 Å². The van der Waals surface area contributed by atoms with Gasteiger partial charge in [0.2, 0.25) is 6.29 Å². The number of anilines is 2. The Bertz CT molecular complexity index is 2840.